The molecule has 3 aromatic carbocycles. The molecule has 180 valence electrons. The molecule has 0 unspecified atom stereocenters. The molecule has 0 atom stereocenters. The second-order valence-electron chi connectivity index (χ2n) is 10.4. The van der Waals surface area contributed by atoms with E-state index in [0.29, 0.717) is 5.92 Å². The molecule has 5 nitrogen and oxygen atoms in total. The number of ether oxygens (including phenoxy) is 1. The minimum absolute atomic E-state index is 0.132. The molecule has 1 aromatic heterocycles. The molecule has 1 amide bonds. The predicted octanol–water partition coefficient (Wildman–Crippen LogP) is 6.37. The molecule has 0 spiro atoms. The Morgan fingerprint density at radius 3 is 2.69 bits per heavy atom. The number of carbonyl (C=O) groups excluding carboxylic acids is 1. The van der Waals surface area contributed by atoms with Crippen molar-refractivity contribution in [1.82, 2.24) is 9.88 Å². The third-order valence-corrected chi connectivity index (χ3v) is 7.57. The molecule has 2 N–H and O–H groups in total. The Labute approximate surface area is 206 Å². The van der Waals surface area contributed by atoms with E-state index >= 15 is 0 Å². The van der Waals surface area contributed by atoms with Crippen molar-refractivity contribution >= 4 is 33.4 Å². The minimum Gasteiger partial charge on any atom is -0.491 e. The summed E-state index contributed by atoms with van der Waals surface area (Å²) in [6.07, 6.45) is 4.37. The van der Waals surface area contributed by atoms with E-state index in [1.807, 2.05) is 12.1 Å². The summed E-state index contributed by atoms with van der Waals surface area (Å²) in [5.74, 6) is 1.82. The number of nitrogens with one attached hydrogen (secondary N) is 2. The number of rotatable bonds is 6. The number of hydrogen-bond acceptors (Lipinski definition) is 3. The highest BCUT2D eigenvalue weighted by Gasteiger charge is 2.29. The SMILES string of the molecule is Cc1ccc2[nH]c3c(OCC4CCN(C)CC4)ccc(-c4cccc(NC(=O)C5CC5)c4)c3c2c1. The maximum atomic E-state index is 12.3. The highest BCUT2D eigenvalue weighted by atomic mass is 16.5. The van der Waals surface area contributed by atoms with Gasteiger partial charge in [-0.25, -0.2) is 0 Å². The summed E-state index contributed by atoms with van der Waals surface area (Å²) in [5, 5.41) is 5.48. The Bertz CT molecular complexity index is 1390. The van der Waals surface area contributed by atoms with Crippen molar-refractivity contribution in [2.75, 3.05) is 32.1 Å². The normalized spacial score (nSPS) is 17.2. The van der Waals surface area contributed by atoms with E-state index in [2.05, 4.69) is 71.6 Å². The first kappa shape index (κ1) is 22.2. The van der Waals surface area contributed by atoms with Gasteiger partial charge < -0.3 is 19.9 Å². The lowest BCUT2D eigenvalue weighted by molar-refractivity contribution is -0.117. The van der Waals surface area contributed by atoms with Gasteiger partial charge in [-0.2, -0.15) is 0 Å². The van der Waals surface area contributed by atoms with Gasteiger partial charge in [0.15, 0.2) is 0 Å². The Hall–Kier alpha value is -3.31. The van der Waals surface area contributed by atoms with Crippen LogP contribution in [0.2, 0.25) is 0 Å². The fourth-order valence-electron chi connectivity index (χ4n) is 5.25. The van der Waals surface area contributed by atoms with Crippen LogP contribution in [0.4, 0.5) is 5.69 Å². The third-order valence-electron chi connectivity index (χ3n) is 7.57. The van der Waals surface area contributed by atoms with E-state index in [4.69, 9.17) is 4.74 Å². The van der Waals surface area contributed by atoms with E-state index in [9.17, 15) is 4.79 Å². The van der Waals surface area contributed by atoms with Crippen LogP contribution >= 0.6 is 0 Å². The van der Waals surface area contributed by atoms with Crippen molar-refractivity contribution in [3.63, 3.8) is 0 Å². The van der Waals surface area contributed by atoms with Gasteiger partial charge in [0.25, 0.3) is 0 Å². The van der Waals surface area contributed by atoms with Gasteiger partial charge in [-0.15, -0.1) is 0 Å². The number of piperidine rings is 1. The summed E-state index contributed by atoms with van der Waals surface area (Å²) < 4.78 is 6.45. The van der Waals surface area contributed by atoms with Crippen molar-refractivity contribution in [2.24, 2.45) is 11.8 Å². The molecule has 5 heteroatoms. The fraction of sp³-hybridized carbons (Fsp3) is 0.367. The minimum atomic E-state index is 0.132. The van der Waals surface area contributed by atoms with Crippen molar-refractivity contribution in [2.45, 2.75) is 32.6 Å². The second-order valence-corrected chi connectivity index (χ2v) is 10.4. The third kappa shape index (κ3) is 4.53. The molecule has 1 saturated carbocycles. The number of carbonyl (C=O) groups is 1. The average molecular weight is 468 g/mol. The summed E-state index contributed by atoms with van der Waals surface area (Å²) in [7, 11) is 2.19. The number of hydrogen-bond donors (Lipinski definition) is 2. The lowest BCUT2D eigenvalue weighted by Crippen LogP contribution is -2.32. The van der Waals surface area contributed by atoms with Gasteiger partial charge in [0, 0.05) is 27.9 Å². The molecular formula is C30H33N3O2. The van der Waals surface area contributed by atoms with Gasteiger partial charge in [-0.05, 0) is 106 Å². The number of H-pyrrole nitrogens is 1. The second kappa shape index (κ2) is 9.04. The number of nitrogens with zero attached hydrogens (tertiary/aromatic N) is 1. The zero-order chi connectivity index (χ0) is 23.9. The maximum Gasteiger partial charge on any atom is 0.227 e. The summed E-state index contributed by atoms with van der Waals surface area (Å²) in [6, 6.07) is 19.0. The Morgan fingerprint density at radius 1 is 1.06 bits per heavy atom. The lowest BCUT2D eigenvalue weighted by atomic mass is 9.97. The highest BCUT2D eigenvalue weighted by molar-refractivity contribution is 6.16. The fourth-order valence-corrected chi connectivity index (χ4v) is 5.25. The van der Waals surface area contributed by atoms with E-state index in [1.54, 1.807) is 0 Å². The quantitative estimate of drug-likeness (QED) is 0.347. The molecule has 4 aromatic rings. The number of benzene rings is 3. The van der Waals surface area contributed by atoms with Crippen LogP contribution in [0.5, 0.6) is 5.75 Å². The zero-order valence-electron chi connectivity index (χ0n) is 20.6. The Kier molecular flexibility index (Phi) is 5.73. The molecule has 1 saturated heterocycles. The van der Waals surface area contributed by atoms with Crippen LogP contribution in [0.1, 0.15) is 31.2 Å². The number of aromatic amines is 1. The van der Waals surface area contributed by atoms with Gasteiger partial charge >= 0.3 is 0 Å². The molecule has 0 bridgehead atoms. The molecular weight excluding hydrogens is 434 g/mol. The first-order valence-corrected chi connectivity index (χ1v) is 12.8. The molecule has 35 heavy (non-hydrogen) atoms. The number of likely N-dealkylation sites (tertiary alicyclic amines) is 1. The number of anilines is 1. The number of fused-ring (bicyclic) bond motifs is 3. The maximum absolute atomic E-state index is 12.3. The monoisotopic (exact) mass is 467 g/mol. The molecule has 2 aliphatic rings. The van der Waals surface area contributed by atoms with E-state index in [1.165, 1.54) is 29.2 Å². The van der Waals surface area contributed by atoms with Crippen LogP contribution < -0.4 is 10.1 Å². The van der Waals surface area contributed by atoms with Crippen molar-refractivity contribution in [3.8, 4) is 16.9 Å². The van der Waals surface area contributed by atoms with Crippen LogP contribution in [0.25, 0.3) is 32.9 Å². The van der Waals surface area contributed by atoms with Crippen LogP contribution in [0, 0.1) is 18.8 Å². The topological polar surface area (TPSA) is 57.4 Å². The van der Waals surface area contributed by atoms with Crippen molar-refractivity contribution in [1.29, 1.82) is 0 Å². The molecule has 1 aliphatic heterocycles. The van der Waals surface area contributed by atoms with E-state index in [0.717, 1.165) is 66.1 Å². The molecule has 0 radical (unpaired) electrons. The van der Waals surface area contributed by atoms with Crippen molar-refractivity contribution < 1.29 is 9.53 Å². The molecule has 1 aliphatic carbocycles. The van der Waals surface area contributed by atoms with Gasteiger partial charge in [0.1, 0.15) is 5.75 Å². The Balaban J connectivity index is 1.38. The summed E-state index contributed by atoms with van der Waals surface area (Å²) in [4.78, 5) is 18.4. The predicted molar refractivity (Wildman–Crippen MR) is 143 cm³/mol. The largest absolute Gasteiger partial charge is 0.491 e. The van der Waals surface area contributed by atoms with Crippen LogP contribution in [0.3, 0.4) is 0 Å². The van der Waals surface area contributed by atoms with Crippen LogP contribution in [-0.4, -0.2) is 42.5 Å². The van der Waals surface area contributed by atoms with Crippen molar-refractivity contribution in [3.05, 3.63) is 60.2 Å². The summed E-state index contributed by atoms with van der Waals surface area (Å²) in [5.41, 5.74) is 6.47. The van der Waals surface area contributed by atoms with Gasteiger partial charge in [-0.1, -0.05) is 23.8 Å². The lowest BCUT2D eigenvalue weighted by Gasteiger charge is -2.28. The molecule has 6 rings (SSSR count). The summed E-state index contributed by atoms with van der Waals surface area (Å²) >= 11 is 0. The number of aromatic nitrogens is 1. The van der Waals surface area contributed by atoms with Crippen LogP contribution in [-0.2, 0) is 4.79 Å². The number of amides is 1. The van der Waals surface area contributed by atoms with E-state index < -0.39 is 0 Å². The smallest absolute Gasteiger partial charge is 0.227 e. The first-order valence-electron chi connectivity index (χ1n) is 12.8. The van der Waals surface area contributed by atoms with Gasteiger partial charge in [0.2, 0.25) is 5.91 Å². The molecule has 2 heterocycles. The standard InChI is InChI=1S/C30H33N3O2/c1-19-6-10-26-25(16-19)28-24(22-4-3-5-23(17-22)31-30(34)21-7-8-21)9-11-27(29(28)32-26)35-18-20-12-14-33(2)15-13-20/h3-6,9-11,16-17,20-21,32H,7-8,12-15,18H2,1-2H3,(H,31,34). The van der Waals surface area contributed by atoms with Crippen LogP contribution in [0.15, 0.2) is 54.6 Å². The zero-order valence-corrected chi connectivity index (χ0v) is 20.6. The average Bonchev–Trinajstić information content (AvgIpc) is 3.65. The van der Waals surface area contributed by atoms with E-state index in [-0.39, 0.29) is 11.8 Å². The highest BCUT2D eigenvalue weighted by Crippen LogP contribution is 2.40. The molecule has 2 fully saturated rings. The van der Waals surface area contributed by atoms with Gasteiger partial charge in [-0.3, -0.25) is 4.79 Å². The number of aryl methyl sites for hydroxylation is 1. The Morgan fingerprint density at radius 2 is 1.89 bits per heavy atom. The summed E-state index contributed by atoms with van der Waals surface area (Å²) in [6.45, 7) is 5.16. The first-order chi connectivity index (χ1) is 17.0. The van der Waals surface area contributed by atoms with Gasteiger partial charge in [0.05, 0.1) is 12.1 Å².